The summed E-state index contributed by atoms with van der Waals surface area (Å²) in [7, 11) is 0. The molecule has 2 atom stereocenters. The number of nitrogens with zero attached hydrogens (tertiary/aromatic N) is 1. The molecule has 2 aliphatic carbocycles. The van der Waals surface area contributed by atoms with Gasteiger partial charge in [0.25, 0.3) is 0 Å². The van der Waals surface area contributed by atoms with Crippen LogP contribution in [0.4, 0.5) is 5.82 Å². The van der Waals surface area contributed by atoms with Crippen molar-refractivity contribution in [1.82, 2.24) is 4.98 Å². The van der Waals surface area contributed by atoms with Crippen molar-refractivity contribution in [3.05, 3.63) is 23.4 Å². The average Bonchev–Trinajstić information content (AvgIpc) is 2.87. The summed E-state index contributed by atoms with van der Waals surface area (Å²) in [5.41, 5.74) is 2.79. The SMILES string of the molecule is CSC1CCCCC1Nc1ccc2c(n1)CCC2. The molecule has 0 amide bonds. The molecule has 0 saturated heterocycles. The van der Waals surface area contributed by atoms with Gasteiger partial charge < -0.3 is 5.32 Å². The molecule has 1 fully saturated rings. The molecule has 0 bridgehead atoms. The van der Waals surface area contributed by atoms with Gasteiger partial charge in [-0.15, -0.1) is 0 Å². The van der Waals surface area contributed by atoms with Gasteiger partial charge in [-0.3, -0.25) is 0 Å². The van der Waals surface area contributed by atoms with Crippen LogP contribution in [-0.2, 0) is 12.8 Å². The number of pyridine rings is 1. The Morgan fingerprint density at radius 1 is 1.17 bits per heavy atom. The van der Waals surface area contributed by atoms with E-state index in [-0.39, 0.29) is 0 Å². The summed E-state index contributed by atoms with van der Waals surface area (Å²) in [6.45, 7) is 0. The van der Waals surface area contributed by atoms with Crippen LogP contribution in [0.2, 0.25) is 0 Å². The van der Waals surface area contributed by atoms with Gasteiger partial charge in [-0.2, -0.15) is 11.8 Å². The molecule has 3 heteroatoms. The summed E-state index contributed by atoms with van der Waals surface area (Å²) in [5, 5.41) is 4.44. The molecule has 1 saturated carbocycles. The van der Waals surface area contributed by atoms with Crippen LogP contribution in [0.15, 0.2) is 12.1 Å². The Morgan fingerprint density at radius 3 is 2.94 bits per heavy atom. The molecule has 1 heterocycles. The normalized spacial score (nSPS) is 26.9. The number of aromatic nitrogens is 1. The summed E-state index contributed by atoms with van der Waals surface area (Å²) in [5.74, 6) is 1.10. The number of anilines is 1. The van der Waals surface area contributed by atoms with Crippen molar-refractivity contribution in [2.45, 2.75) is 56.2 Å². The summed E-state index contributed by atoms with van der Waals surface area (Å²) < 4.78 is 0. The van der Waals surface area contributed by atoms with Crippen LogP contribution in [0, 0.1) is 0 Å². The molecular weight excluding hydrogens is 240 g/mol. The van der Waals surface area contributed by atoms with Crippen molar-refractivity contribution in [2.75, 3.05) is 11.6 Å². The highest BCUT2D eigenvalue weighted by molar-refractivity contribution is 7.99. The quantitative estimate of drug-likeness (QED) is 0.900. The van der Waals surface area contributed by atoms with Crippen molar-refractivity contribution in [1.29, 1.82) is 0 Å². The Balaban J connectivity index is 1.71. The second-order valence-corrected chi connectivity index (χ2v) is 6.54. The van der Waals surface area contributed by atoms with E-state index in [0.717, 1.165) is 11.1 Å². The van der Waals surface area contributed by atoms with Gasteiger partial charge in [-0.05, 0) is 50.0 Å². The van der Waals surface area contributed by atoms with Crippen molar-refractivity contribution in [3.8, 4) is 0 Å². The first-order valence-electron chi connectivity index (χ1n) is 7.15. The molecule has 2 unspecified atom stereocenters. The van der Waals surface area contributed by atoms with E-state index in [1.54, 1.807) is 0 Å². The number of aryl methyl sites for hydroxylation is 2. The molecule has 1 N–H and O–H groups in total. The maximum absolute atomic E-state index is 4.80. The molecule has 3 rings (SSSR count). The Kier molecular flexibility index (Phi) is 3.78. The Labute approximate surface area is 114 Å². The Hall–Kier alpha value is -0.700. The zero-order chi connectivity index (χ0) is 12.4. The third-order valence-electron chi connectivity index (χ3n) is 4.27. The molecule has 98 valence electrons. The maximum atomic E-state index is 4.80. The van der Waals surface area contributed by atoms with Crippen LogP contribution in [0.3, 0.4) is 0 Å². The van der Waals surface area contributed by atoms with E-state index in [1.807, 2.05) is 11.8 Å². The molecule has 0 spiro atoms. The Bertz CT molecular complexity index is 419. The zero-order valence-corrected chi connectivity index (χ0v) is 11.9. The summed E-state index contributed by atoms with van der Waals surface area (Å²) >= 11 is 2.01. The number of hydrogen-bond donors (Lipinski definition) is 1. The zero-order valence-electron chi connectivity index (χ0n) is 11.1. The van der Waals surface area contributed by atoms with Crippen molar-refractivity contribution in [3.63, 3.8) is 0 Å². The predicted octanol–water partition coefficient (Wildman–Crippen LogP) is 3.66. The van der Waals surface area contributed by atoms with Crippen LogP contribution in [-0.4, -0.2) is 22.5 Å². The lowest BCUT2D eigenvalue weighted by Gasteiger charge is -2.31. The fourth-order valence-electron chi connectivity index (χ4n) is 3.23. The largest absolute Gasteiger partial charge is 0.366 e. The van der Waals surface area contributed by atoms with Gasteiger partial charge in [-0.1, -0.05) is 18.9 Å². The first-order valence-corrected chi connectivity index (χ1v) is 8.44. The molecule has 18 heavy (non-hydrogen) atoms. The van der Waals surface area contributed by atoms with E-state index in [1.165, 1.54) is 56.2 Å². The van der Waals surface area contributed by atoms with E-state index in [2.05, 4.69) is 23.7 Å². The van der Waals surface area contributed by atoms with Gasteiger partial charge in [0.1, 0.15) is 5.82 Å². The molecular formula is C15H22N2S. The highest BCUT2D eigenvalue weighted by Crippen LogP contribution is 2.30. The summed E-state index contributed by atoms with van der Waals surface area (Å²) in [6.07, 6.45) is 11.3. The lowest BCUT2D eigenvalue weighted by atomic mass is 9.95. The van der Waals surface area contributed by atoms with Crippen LogP contribution >= 0.6 is 11.8 Å². The van der Waals surface area contributed by atoms with Crippen LogP contribution in [0.5, 0.6) is 0 Å². The number of fused-ring (bicyclic) bond motifs is 1. The molecule has 2 nitrogen and oxygen atoms in total. The van der Waals surface area contributed by atoms with Crippen molar-refractivity contribution in [2.24, 2.45) is 0 Å². The smallest absolute Gasteiger partial charge is 0.126 e. The lowest BCUT2D eigenvalue weighted by molar-refractivity contribution is 0.474. The minimum Gasteiger partial charge on any atom is -0.366 e. The third-order valence-corrected chi connectivity index (χ3v) is 5.44. The molecule has 1 aromatic rings. The minimum absolute atomic E-state index is 0.612. The predicted molar refractivity (Wildman–Crippen MR) is 79.4 cm³/mol. The first kappa shape index (κ1) is 12.3. The van der Waals surface area contributed by atoms with Gasteiger partial charge in [0, 0.05) is 17.0 Å². The highest BCUT2D eigenvalue weighted by atomic mass is 32.2. The van der Waals surface area contributed by atoms with Gasteiger partial charge in [0.05, 0.1) is 0 Å². The lowest BCUT2D eigenvalue weighted by Crippen LogP contribution is -2.34. The van der Waals surface area contributed by atoms with E-state index >= 15 is 0 Å². The molecule has 0 aliphatic heterocycles. The summed E-state index contributed by atoms with van der Waals surface area (Å²) in [4.78, 5) is 4.80. The second kappa shape index (κ2) is 5.52. The van der Waals surface area contributed by atoms with Gasteiger partial charge in [0.15, 0.2) is 0 Å². The van der Waals surface area contributed by atoms with Gasteiger partial charge >= 0.3 is 0 Å². The average molecular weight is 262 g/mol. The number of nitrogens with one attached hydrogen (secondary N) is 1. The molecule has 1 aromatic heterocycles. The van der Waals surface area contributed by atoms with Crippen LogP contribution in [0.25, 0.3) is 0 Å². The minimum atomic E-state index is 0.612. The van der Waals surface area contributed by atoms with Gasteiger partial charge in [0.2, 0.25) is 0 Å². The van der Waals surface area contributed by atoms with Crippen molar-refractivity contribution >= 4 is 17.6 Å². The topological polar surface area (TPSA) is 24.9 Å². The fourth-order valence-corrected chi connectivity index (χ4v) is 4.17. The third kappa shape index (κ3) is 2.51. The maximum Gasteiger partial charge on any atom is 0.126 e. The van der Waals surface area contributed by atoms with E-state index in [0.29, 0.717) is 6.04 Å². The monoisotopic (exact) mass is 262 g/mol. The van der Waals surface area contributed by atoms with E-state index < -0.39 is 0 Å². The first-order chi connectivity index (χ1) is 8.86. The van der Waals surface area contributed by atoms with E-state index in [9.17, 15) is 0 Å². The fraction of sp³-hybridized carbons (Fsp3) is 0.667. The summed E-state index contributed by atoms with van der Waals surface area (Å²) in [6, 6.07) is 5.06. The van der Waals surface area contributed by atoms with Crippen LogP contribution in [0.1, 0.15) is 43.4 Å². The Morgan fingerprint density at radius 2 is 2.06 bits per heavy atom. The number of hydrogen-bond acceptors (Lipinski definition) is 3. The number of thioether (sulfide) groups is 1. The highest BCUT2D eigenvalue weighted by Gasteiger charge is 2.24. The van der Waals surface area contributed by atoms with Crippen molar-refractivity contribution < 1.29 is 0 Å². The molecule has 0 aromatic carbocycles. The molecule has 2 aliphatic rings. The molecule has 0 radical (unpaired) electrons. The second-order valence-electron chi connectivity index (χ2n) is 5.47. The van der Waals surface area contributed by atoms with Gasteiger partial charge in [-0.25, -0.2) is 4.98 Å². The van der Waals surface area contributed by atoms with Crippen LogP contribution < -0.4 is 5.32 Å². The standard InChI is InChI=1S/C15H22N2S/c1-18-14-8-3-2-6-13(14)17-15-10-9-11-5-4-7-12(11)16-15/h9-10,13-14H,2-8H2,1H3,(H,16,17). The number of rotatable bonds is 3. The van der Waals surface area contributed by atoms with E-state index in [4.69, 9.17) is 4.98 Å².